The number of hydrogen-bond acceptors (Lipinski definition) is 3. The fraction of sp³-hybridized carbons (Fsp3) is 0.600. The van der Waals surface area contributed by atoms with E-state index in [0.29, 0.717) is 11.8 Å². The van der Waals surface area contributed by atoms with Crippen molar-refractivity contribution in [3.8, 4) is 5.75 Å². The monoisotopic (exact) mass is 305 g/mol. The number of halogens is 3. The second-order valence-corrected chi connectivity index (χ2v) is 4.60. The maximum Gasteiger partial charge on any atom is 0.411 e. The van der Waals surface area contributed by atoms with Crippen molar-refractivity contribution < 1.29 is 22.6 Å². The Kier molecular flexibility index (Phi) is 7.53. The summed E-state index contributed by atoms with van der Waals surface area (Å²) in [6.45, 7) is 3.83. The van der Waals surface area contributed by atoms with Crippen molar-refractivity contribution >= 4 is 0 Å². The van der Waals surface area contributed by atoms with Gasteiger partial charge in [0.05, 0.1) is 6.61 Å². The minimum atomic E-state index is -4.29. The molecule has 1 N–H and O–H groups in total. The molecule has 0 aliphatic carbocycles. The molecule has 0 bridgehead atoms. The van der Waals surface area contributed by atoms with Gasteiger partial charge in [0.1, 0.15) is 19.0 Å². The first kappa shape index (κ1) is 17.8. The number of rotatable bonds is 9. The molecule has 0 aliphatic heterocycles. The first-order chi connectivity index (χ1) is 9.96. The van der Waals surface area contributed by atoms with Crippen molar-refractivity contribution in [2.45, 2.75) is 32.5 Å². The fourth-order valence-corrected chi connectivity index (χ4v) is 1.95. The van der Waals surface area contributed by atoms with Crippen LogP contribution in [0.25, 0.3) is 0 Å². The van der Waals surface area contributed by atoms with Crippen molar-refractivity contribution in [2.24, 2.45) is 0 Å². The van der Waals surface area contributed by atoms with Crippen LogP contribution in [0.4, 0.5) is 13.2 Å². The van der Waals surface area contributed by atoms with E-state index >= 15 is 0 Å². The lowest BCUT2D eigenvalue weighted by molar-refractivity contribution is -0.175. The quantitative estimate of drug-likeness (QED) is 0.706. The van der Waals surface area contributed by atoms with Crippen LogP contribution < -0.4 is 10.1 Å². The predicted octanol–water partition coefficient (Wildman–Crippen LogP) is 3.70. The SMILES string of the molecule is CCNC(CC)c1ccc(OCCOCC(F)(F)F)cc1. The molecule has 1 aromatic carbocycles. The summed E-state index contributed by atoms with van der Waals surface area (Å²) in [5.41, 5.74) is 1.17. The second kappa shape index (κ2) is 8.89. The average molecular weight is 305 g/mol. The van der Waals surface area contributed by atoms with E-state index in [1.54, 1.807) is 0 Å². The molecule has 0 spiro atoms. The van der Waals surface area contributed by atoms with E-state index in [-0.39, 0.29) is 13.2 Å². The Bertz CT molecular complexity index is 393. The van der Waals surface area contributed by atoms with Crippen LogP contribution in [-0.4, -0.2) is 32.5 Å². The van der Waals surface area contributed by atoms with Gasteiger partial charge in [-0.1, -0.05) is 26.0 Å². The van der Waals surface area contributed by atoms with Crippen molar-refractivity contribution in [1.82, 2.24) is 5.32 Å². The Hall–Kier alpha value is -1.27. The van der Waals surface area contributed by atoms with E-state index in [9.17, 15) is 13.2 Å². The van der Waals surface area contributed by atoms with Crippen molar-refractivity contribution in [3.63, 3.8) is 0 Å². The van der Waals surface area contributed by atoms with Gasteiger partial charge in [-0.2, -0.15) is 13.2 Å². The van der Waals surface area contributed by atoms with Crippen LogP contribution in [-0.2, 0) is 4.74 Å². The van der Waals surface area contributed by atoms with E-state index in [0.717, 1.165) is 13.0 Å². The van der Waals surface area contributed by atoms with Gasteiger partial charge in [-0.05, 0) is 30.7 Å². The van der Waals surface area contributed by atoms with Gasteiger partial charge in [-0.3, -0.25) is 0 Å². The third-order valence-corrected chi connectivity index (χ3v) is 2.90. The Morgan fingerprint density at radius 3 is 2.29 bits per heavy atom. The van der Waals surface area contributed by atoms with Gasteiger partial charge in [0.25, 0.3) is 0 Å². The normalized spacial score (nSPS) is 13.2. The Labute approximate surface area is 123 Å². The minimum Gasteiger partial charge on any atom is -0.491 e. The molecule has 0 heterocycles. The summed E-state index contributed by atoms with van der Waals surface area (Å²) in [4.78, 5) is 0. The average Bonchev–Trinajstić information content (AvgIpc) is 2.44. The number of nitrogens with one attached hydrogen (secondary N) is 1. The molecular weight excluding hydrogens is 283 g/mol. The first-order valence-electron chi connectivity index (χ1n) is 7.07. The zero-order valence-electron chi connectivity index (χ0n) is 12.4. The van der Waals surface area contributed by atoms with Crippen LogP contribution in [0, 0.1) is 0 Å². The molecule has 1 atom stereocenters. The molecule has 6 heteroatoms. The lowest BCUT2D eigenvalue weighted by Gasteiger charge is -2.16. The molecule has 0 aliphatic rings. The highest BCUT2D eigenvalue weighted by atomic mass is 19.4. The highest BCUT2D eigenvalue weighted by Crippen LogP contribution is 2.20. The molecule has 0 aromatic heterocycles. The van der Waals surface area contributed by atoms with Crippen LogP contribution in [0.15, 0.2) is 24.3 Å². The summed E-state index contributed by atoms with van der Waals surface area (Å²) >= 11 is 0. The molecular formula is C15H22F3NO2. The van der Waals surface area contributed by atoms with Gasteiger partial charge < -0.3 is 14.8 Å². The molecule has 0 saturated carbocycles. The van der Waals surface area contributed by atoms with Gasteiger partial charge in [0.2, 0.25) is 0 Å². The minimum absolute atomic E-state index is 0.0871. The second-order valence-electron chi connectivity index (χ2n) is 4.60. The molecule has 1 rings (SSSR count). The third-order valence-electron chi connectivity index (χ3n) is 2.90. The van der Waals surface area contributed by atoms with Crippen molar-refractivity contribution in [1.29, 1.82) is 0 Å². The van der Waals surface area contributed by atoms with Gasteiger partial charge in [0.15, 0.2) is 0 Å². The van der Waals surface area contributed by atoms with Crippen LogP contribution in [0.1, 0.15) is 31.9 Å². The van der Waals surface area contributed by atoms with Crippen LogP contribution in [0.3, 0.4) is 0 Å². The summed E-state index contributed by atoms with van der Waals surface area (Å²) in [7, 11) is 0. The summed E-state index contributed by atoms with van der Waals surface area (Å²) in [5, 5.41) is 3.37. The molecule has 21 heavy (non-hydrogen) atoms. The largest absolute Gasteiger partial charge is 0.491 e. The topological polar surface area (TPSA) is 30.5 Å². The molecule has 120 valence electrons. The molecule has 1 aromatic rings. The fourth-order valence-electron chi connectivity index (χ4n) is 1.95. The highest BCUT2D eigenvalue weighted by molar-refractivity contribution is 5.29. The number of alkyl halides is 3. The molecule has 0 saturated heterocycles. The lowest BCUT2D eigenvalue weighted by Crippen LogP contribution is -2.20. The van der Waals surface area contributed by atoms with Gasteiger partial charge in [-0.25, -0.2) is 0 Å². The maximum absolute atomic E-state index is 11.9. The van der Waals surface area contributed by atoms with Gasteiger partial charge in [0, 0.05) is 6.04 Å². The van der Waals surface area contributed by atoms with E-state index in [1.165, 1.54) is 5.56 Å². The maximum atomic E-state index is 11.9. The van der Waals surface area contributed by atoms with E-state index in [4.69, 9.17) is 4.74 Å². The third kappa shape index (κ3) is 7.34. The summed E-state index contributed by atoms with van der Waals surface area (Å²) in [6.07, 6.45) is -3.30. The van der Waals surface area contributed by atoms with Crippen LogP contribution in [0.5, 0.6) is 5.75 Å². The van der Waals surface area contributed by atoms with E-state index in [2.05, 4.69) is 23.9 Å². The smallest absolute Gasteiger partial charge is 0.411 e. The highest BCUT2D eigenvalue weighted by Gasteiger charge is 2.27. The molecule has 3 nitrogen and oxygen atoms in total. The van der Waals surface area contributed by atoms with Crippen molar-refractivity contribution in [3.05, 3.63) is 29.8 Å². The summed E-state index contributed by atoms with van der Waals surface area (Å²) in [5.74, 6) is 0.626. The molecule has 0 radical (unpaired) electrons. The van der Waals surface area contributed by atoms with Gasteiger partial charge >= 0.3 is 6.18 Å². The standard InChI is InChI=1S/C15H22F3NO2/c1-3-14(19-4-2)12-5-7-13(8-6-12)21-10-9-20-11-15(16,17)18/h5-8,14,19H,3-4,9-11H2,1-2H3. The lowest BCUT2D eigenvalue weighted by atomic mass is 10.0. The molecule has 1 unspecified atom stereocenters. The summed E-state index contributed by atoms with van der Waals surface area (Å²) < 4.78 is 45.4. The van der Waals surface area contributed by atoms with Crippen LogP contribution >= 0.6 is 0 Å². The number of ether oxygens (including phenoxy) is 2. The van der Waals surface area contributed by atoms with Gasteiger partial charge in [-0.15, -0.1) is 0 Å². The number of hydrogen-bond donors (Lipinski definition) is 1. The van der Waals surface area contributed by atoms with Crippen molar-refractivity contribution in [2.75, 3.05) is 26.4 Å². The zero-order valence-corrected chi connectivity index (χ0v) is 12.4. The molecule has 0 amide bonds. The van der Waals surface area contributed by atoms with Crippen LogP contribution in [0.2, 0.25) is 0 Å². The summed E-state index contributed by atoms with van der Waals surface area (Å²) in [6, 6.07) is 7.86. The number of benzene rings is 1. The molecule has 0 fully saturated rings. The van der Waals surface area contributed by atoms with E-state index < -0.39 is 12.8 Å². The predicted molar refractivity (Wildman–Crippen MR) is 75.5 cm³/mol. The Morgan fingerprint density at radius 2 is 1.76 bits per heavy atom. The zero-order chi connectivity index (χ0) is 15.7. The first-order valence-corrected chi connectivity index (χ1v) is 7.07. The Morgan fingerprint density at radius 1 is 1.10 bits per heavy atom. The Balaban J connectivity index is 2.34. The van der Waals surface area contributed by atoms with E-state index in [1.807, 2.05) is 24.3 Å².